The van der Waals surface area contributed by atoms with Crippen molar-refractivity contribution in [3.05, 3.63) is 29.6 Å². The predicted octanol–water partition coefficient (Wildman–Crippen LogP) is 0.649. The monoisotopic (exact) mass is 227 g/mol. The highest BCUT2D eigenvalue weighted by molar-refractivity contribution is 5.91. The fraction of sp³-hybridized carbons (Fsp3) is 0.200. The van der Waals surface area contributed by atoms with Crippen molar-refractivity contribution >= 4 is 11.9 Å². The van der Waals surface area contributed by atoms with Crippen LogP contribution >= 0.6 is 0 Å². The third-order valence-corrected chi connectivity index (χ3v) is 1.81. The Labute approximate surface area is 90.8 Å². The molecule has 0 saturated carbocycles. The lowest BCUT2D eigenvalue weighted by Crippen LogP contribution is -2.25. The smallest absolute Gasteiger partial charge is 0.339 e. The van der Waals surface area contributed by atoms with Crippen molar-refractivity contribution in [3.8, 4) is 5.75 Å². The lowest BCUT2D eigenvalue weighted by Gasteiger charge is -2.07. The zero-order valence-corrected chi connectivity index (χ0v) is 8.49. The number of carbonyl (C=O) groups excluding carboxylic acids is 1. The molecular weight excluding hydrogens is 217 g/mol. The summed E-state index contributed by atoms with van der Waals surface area (Å²) in [5.41, 5.74) is -0.316. The Kier molecular flexibility index (Phi) is 3.82. The molecule has 0 aromatic heterocycles. The van der Waals surface area contributed by atoms with Crippen LogP contribution in [0.5, 0.6) is 5.75 Å². The van der Waals surface area contributed by atoms with Gasteiger partial charge in [-0.25, -0.2) is 9.18 Å². The van der Waals surface area contributed by atoms with Crippen molar-refractivity contribution in [1.82, 2.24) is 5.32 Å². The van der Waals surface area contributed by atoms with Crippen molar-refractivity contribution in [2.75, 3.05) is 13.7 Å². The molecule has 16 heavy (non-hydrogen) atoms. The minimum Gasteiger partial charge on any atom is -0.483 e. The fourth-order valence-electron chi connectivity index (χ4n) is 1.01. The van der Waals surface area contributed by atoms with Gasteiger partial charge in [-0.3, -0.25) is 4.79 Å². The van der Waals surface area contributed by atoms with Gasteiger partial charge in [-0.1, -0.05) is 0 Å². The highest BCUT2D eigenvalue weighted by Gasteiger charge is 2.13. The molecule has 1 aromatic carbocycles. The number of carboxylic acid groups (broad SMARTS) is 1. The number of hydrogen-bond donors (Lipinski definition) is 2. The van der Waals surface area contributed by atoms with Crippen LogP contribution < -0.4 is 10.1 Å². The van der Waals surface area contributed by atoms with Gasteiger partial charge in [0.25, 0.3) is 5.91 Å². The molecule has 1 amide bonds. The number of benzene rings is 1. The number of carboxylic acids is 1. The maximum Gasteiger partial charge on any atom is 0.339 e. The number of aromatic carboxylic acids is 1. The van der Waals surface area contributed by atoms with Crippen LogP contribution in [0.2, 0.25) is 0 Å². The molecule has 2 N–H and O–H groups in total. The van der Waals surface area contributed by atoms with Gasteiger partial charge in [-0.2, -0.15) is 0 Å². The molecule has 0 spiro atoms. The Morgan fingerprint density at radius 2 is 2.19 bits per heavy atom. The Hall–Kier alpha value is -2.11. The van der Waals surface area contributed by atoms with Gasteiger partial charge >= 0.3 is 5.97 Å². The van der Waals surface area contributed by atoms with Gasteiger partial charge < -0.3 is 15.2 Å². The molecule has 0 aliphatic carbocycles. The summed E-state index contributed by atoms with van der Waals surface area (Å²) in [6.45, 7) is -0.317. The van der Waals surface area contributed by atoms with Crippen molar-refractivity contribution in [1.29, 1.82) is 0 Å². The van der Waals surface area contributed by atoms with Gasteiger partial charge in [-0.05, 0) is 18.2 Å². The fourth-order valence-corrected chi connectivity index (χ4v) is 1.01. The van der Waals surface area contributed by atoms with Crippen LogP contribution in [0.25, 0.3) is 0 Å². The molecule has 0 fully saturated rings. The van der Waals surface area contributed by atoms with E-state index in [1.807, 2.05) is 0 Å². The van der Waals surface area contributed by atoms with E-state index < -0.39 is 17.7 Å². The SMILES string of the molecule is CNC(=O)COc1ccc(F)cc1C(=O)O. The van der Waals surface area contributed by atoms with E-state index in [0.29, 0.717) is 0 Å². The molecule has 0 atom stereocenters. The minimum atomic E-state index is -1.31. The standard InChI is InChI=1S/C10H10FNO4/c1-12-9(13)5-16-8-3-2-6(11)4-7(8)10(14)15/h2-4H,5H2,1H3,(H,12,13)(H,14,15). The molecule has 1 rings (SSSR count). The number of rotatable bonds is 4. The molecule has 0 saturated heterocycles. The van der Waals surface area contributed by atoms with E-state index >= 15 is 0 Å². The second-order valence-electron chi connectivity index (χ2n) is 2.91. The quantitative estimate of drug-likeness (QED) is 0.791. The number of halogens is 1. The summed E-state index contributed by atoms with van der Waals surface area (Å²) in [6.07, 6.45) is 0. The summed E-state index contributed by atoms with van der Waals surface area (Å²) in [7, 11) is 1.43. The normalized spacial score (nSPS) is 9.62. The first-order chi connectivity index (χ1) is 7.54. The summed E-state index contributed by atoms with van der Waals surface area (Å²) in [4.78, 5) is 21.6. The Morgan fingerprint density at radius 1 is 1.50 bits per heavy atom. The third kappa shape index (κ3) is 2.94. The first-order valence-corrected chi connectivity index (χ1v) is 4.41. The van der Waals surface area contributed by atoms with Crippen LogP contribution in [0.3, 0.4) is 0 Å². The number of nitrogens with one attached hydrogen (secondary N) is 1. The van der Waals surface area contributed by atoms with Crippen LogP contribution in [-0.2, 0) is 4.79 Å². The second kappa shape index (κ2) is 5.11. The van der Waals surface area contributed by atoms with E-state index in [9.17, 15) is 14.0 Å². The molecule has 0 aliphatic heterocycles. The number of amides is 1. The molecule has 0 heterocycles. The number of likely N-dealkylation sites (N-methyl/N-ethyl adjacent to an activating group) is 1. The van der Waals surface area contributed by atoms with Crippen molar-refractivity contribution in [3.63, 3.8) is 0 Å². The molecule has 6 heteroatoms. The van der Waals surface area contributed by atoms with Gasteiger partial charge in [0.15, 0.2) is 6.61 Å². The van der Waals surface area contributed by atoms with Crippen LogP contribution in [0.15, 0.2) is 18.2 Å². The largest absolute Gasteiger partial charge is 0.483 e. The molecule has 5 nitrogen and oxygen atoms in total. The van der Waals surface area contributed by atoms with Gasteiger partial charge in [0.1, 0.15) is 17.1 Å². The van der Waals surface area contributed by atoms with E-state index in [2.05, 4.69) is 5.32 Å². The first-order valence-electron chi connectivity index (χ1n) is 4.41. The number of carbonyl (C=O) groups is 2. The summed E-state index contributed by atoms with van der Waals surface area (Å²) in [6, 6.07) is 3.06. The maximum atomic E-state index is 12.8. The predicted molar refractivity (Wildman–Crippen MR) is 52.9 cm³/mol. The van der Waals surface area contributed by atoms with E-state index in [4.69, 9.17) is 9.84 Å². The zero-order chi connectivity index (χ0) is 12.1. The molecular formula is C10H10FNO4. The summed E-state index contributed by atoms with van der Waals surface area (Å²) in [5, 5.41) is 11.1. The van der Waals surface area contributed by atoms with Gasteiger partial charge in [0.05, 0.1) is 0 Å². The highest BCUT2D eigenvalue weighted by atomic mass is 19.1. The van der Waals surface area contributed by atoms with Gasteiger partial charge in [-0.15, -0.1) is 0 Å². The van der Waals surface area contributed by atoms with Crippen LogP contribution in [0, 0.1) is 5.82 Å². The molecule has 0 aliphatic rings. The van der Waals surface area contributed by atoms with E-state index in [1.54, 1.807) is 0 Å². The topological polar surface area (TPSA) is 75.6 Å². The zero-order valence-electron chi connectivity index (χ0n) is 8.49. The first kappa shape index (κ1) is 12.0. The Bertz CT molecular complexity index is 419. The van der Waals surface area contributed by atoms with Crippen molar-refractivity contribution in [2.45, 2.75) is 0 Å². The molecule has 0 radical (unpaired) electrons. The lowest BCUT2D eigenvalue weighted by molar-refractivity contribution is -0.122. The highest BCUT2D eigenvalue weighted by Crippen LogP contribution is 2.19. The molecule has 86 valence electrons. The van der Waals surface area contributed by atoms with Gasteiger partial charge in [0, 0.05) is 7.05 Å². The Balaban J connectivity index is 2.87. The summed E-state index contributed by atoms with van der Waals surface area (Å²) in [5.74, 6) is -2.44. The maximum absolute atomic E-state index is 12.8. The van der Waals surface area contributed by atoms with E-state index in [1.165, 1.54) is 13.1 Å². The summed E-state index contributed by atoms with van der Waals surface area (Å²) >= 11 is 0. The summed E-state index contributed by atoms with van der Waals surface area (Å²) < 4.78 is 17.7. The molecule has 1 aromatic rings. The lowest BCUT2D eigenvalue weighted by atomic mass is 10.2. The average molecular weight is 227 g/mol. The van der Waals surface area contributed by atoms with Gasteiger partial charge in [0.2, 0.25) is 0 Å². The van der Waals surface area contributed by atoms with Crippen molar-refractivity contribution in [2.24, 2.45) is 0 Å². The third-order valence-electron chi connectivity index (χ3n) is 1.81. The number of hydrogen-bond acceptors (Lipinski definition) is 3. The van der Waals surface area contributed by atoms with Crippen LogP contribution in [-0.4, -0.2) is 30.6 Å². The number of ether oxygens (including phenoxy) is 1. The van der Waals surface area contributed by atoms with Crippen molar-refractivity contribution < 1.29 is 23.8 Å². The second-order valence-corrected chi connectivity index (χ2v) is 2.91. The van der Waals surface area contributed by atoms with Crippen LogP contribution in [0.1, 0.15) is 10.4 Å². The molecule has 0 unspecified atom stereocenters. The van der Waals surface area contributed by atoms with E-state index in [-0.39, 0.29) is 17.9 Å². The Morgan fingerprint density at radius 3 is 2.75 bits per heavy atom. The minimum absolute atomic E-state index is 0.0440. The average Bonchev–Trinajstić information content (AvgIpc) is 2.26. The van der Waals surface area contributed by atoms with E-state index in [0.717, 1.165) is 12.1 Å². The van der Waals surface area contributed by atoms with Crippen LogP contribution in [0.4, 0.5) is 4.39 Å². The molecule has 0 bridgehead atoms.